The van der Waals surface area contributed by atoms with E-state index in [-0.39, 0.29) is 0 Å². The van der Waals surface area contributed by atoms with Crippen LogP contribution in [0.2, 0.25) is 0 Å². The second-order valence-corrected chi connectivity index (χ2v) is 6.74. The lowest BCUT2D eigenvalue weighted by Crippen LogP contribution is -1.94. The number of nitrogens with zero attached hydrogens (tertiary/aromatic N) is 3. The van der Waals surface area contributed by atoms with E-state index in [0.717, 1.165) is 10.2 Å². The number of H-pyrrole nitrogens is 1. The van der Waals surface area contributed by atoms with Crippen LogP contribution in [-0.4, -0.2) is 21.1 Å². The minimum absolute atomic E-state index is 0.318. The van der Waals surface area contributed by atoms with Crippen molar-refractivity contribution in [2.45, 2.75) is 6.61 Å². The van der Waals surface area contributed by atoms with E-state index in [9.17, 15) is 0 Å². The molecule has 9 heteroatoms. The zero-order chi connectivity index (χ0) is 18.6. The average molecular weight is 445 g/mol. The third-order valence-corrected chi connectivity index (χ3v) is 4.36. The van der Waals surface area contributed by atoms with Crippen LogP contribution < -0.4 is 4.74 Å². The van der Waals surface area contributed by atoms with Crippen LogP contribution in [0.25, 0.3) is 11.6 Å². The van der Waals surface area contributed by atoms with Gasteiger partial charge < -0.3 is 13.6 Å². The van der Waals surface area contributed by atoms with Crippen molar-refractivity contribution in [3.05, 3.63) is 75.6 Å². The minimum atomic E-state index is 0.318. The maximum absolute atomic E-state index is 5.71. The molecular weight excluding hydrogens is 432 g/mol. The fourth-order valence-corrected chi connectivity index (χ4v) is 2.75. The molecule has 0 aliphatic heterocycles. The summed E-state index contributed by atoms with van der Waals surface area (Å²) in [6, 6.07) is 14.8. The molecule has 0 amide bonds. The van der Waals surface area contributed by atoms with Gasteiger partial charge in [-0.2, -0.15) is 9.78 Å². The Hall–Kier alpha value is -2.91. The molecular formula is C18H13BrN4O3S. The molecule has 0 atom stereocenters. The zero-order valence-corrected chi connectivity index (χ0v) is 16.2. The molecule has 136 valence electrons. The number of aromatic amines is 1. The molecule has 1 aromatic carbocycles. The Bertz CT molecular complexity index is 1110. The summed E-state index contributed by atoms with van der Waals surface area (Å²) in [5.41, 5.74) is 0. The average Bonchev–Trinajstić information content (AvgIpc) is 3.41. The number of hydrogen-bond acceptors (Lipinski definition) is 6. The Labute approximate surface area is 167 Å². The molecule has 0 radical (unpaired) electrons. The Morgan fingerprint density at radius 3 is 2.85 bits per heavy atom. The molecule has 7 nitrogen and oxygen atoms in total. The summed E-state index contributed by atoms with van der Waals surface area (Å²) < 4.78 is 19.6. The van der Waals surface area contributed by atoms with E-state index in [0.29, 0.717) is 34.5 Å². The van der Waals surface area contributed by atoms with Gasteiger partial charge in [0.15, 0.2) is 5.76 Å². The van der Waals surface area contributed by atoms with Crippen LogP contribution in [0.5, 0.6) is 5.75 Å². The van der Waals surface area contributed by atoms with Gasteiger partial charge in [0.05, 0.1) is 12.5 Å². The molecule has 0 saturated carbocycles. The maximum atomic E-state index is 5.71. The molecule has 0 aliphatic carbocycles. The van der Waals surface area contributed by atoms with Crippen molar-refractivity contribution in [1.82, 2.24) is 14.9 Å². The lowest BCUT2D eigenvalue weighted by Gasteiger charge is -2.03. The van der Waals surface area contributed by atoms with Crippen molar-refractivity contribution in [2.75, 3.05) is 0 Å². The number of furan rings is 2. The van der Waals surface area contributed by atoms with Gasteiger partial charge in [-0.1, -0.05) is 15.9 Å². The number of halogens is 1. The maximum Gasteiger partial charge on any atom is 0.219 e. The largest absolute Gasteiger partial charge is 0.486 e. The lowest BCUT2D eigenvalue weighted by atomic mass is 10.3. The molecule has 0 saturated heterocycles. The second-order valence-electron chi connectivity index (χ2n) is 5.43. The summed E-state index contributed by atoms with van der Waals surface area (Å²) in [4.78, 5) is 0. The number of rotatable bonds is 6. The molecule has 0 unspecified atom stereocenters. The zero-order valence-electron chi connectivity index (χ0n) is 13.8. The highest BCUT2D eigenvalue weighted by atomic mass is 79.9. The Morgan fingerprint density at radius 2 is 2.07 bits per heavy atom. The molecule has 4 aromatic rings. The number of aromatic nitrogens is 3. The third kappa shape index (κ3) is 4.09. The van der Waals surface area contributed by atoms with E-state index >= 15 is 0 Å². The number of ether oxygens (including phenoxy) is 1. The first-order valence-corrected chi connectivity index (χ1v) is 9.12. The van der Waals surface area contributed by atoms with Crippen molar-refractivity contribution < 1.29 is 13.6 Å². The topological polar surface area (TPSA) is 81.5 Å². The summed E-state index contributed by atoms with van der Waals surface area (Å²) in [6.45, 7) is 0.318. The number of benzene rings is 1. The Kier molecular flexibility index (Phi) is 5.03. The number of hydrogen-bond donors (Lipinski definition) is 1. The molecule has 4 rings (SSSR count). The minimum Gasteiger partial charge on any atom is -0.486 e. The molecule has 0 fully saturated rings. The molecule has 0 bridgehead atoms. The van der Waals surface area contributed by atoms with Crippen LogP contribution in [0.3, 0.4) is 0 Å². The second kappa shape index (κ2) is 7.77. The van der Waals surface area contributed by atoms with Gasteiger partial charge in [-0.3, -0.25) is 0 Å². The van der Waals surface area contributed by atoms with Gasteiger partial charge in [-0.15, -0.1) is 5.10 Å². The van der Waals surface area contributed by atoms with E-state index in [1.165, 1.54) is 4.68 Å². The fraction of sp³-hybridized carbons (Fsp3) is 0.0556. The predicted octanol–water partition coefficient (Wildman–Crippen LogP) is 5.02. The summed E-state index contributed by atoms with van der Waals surface area (Å²) >= 11 is 8.60. The van der Waals surface area contributed by atoms with Gasteiger partial charge in [-0.25, -0.2) is 5.10 Å². The summed E-state index contributed by atoms with van der Waals surface area (Å²) in [5.74, 6) is 3.05. The highest BCUT2D eigenvalue weighted by Crippen LogP contribution is 2.19. The van der Waals surface area contributed by atoms with Crippen molar-refractivity contribution in [1.29, 1.82) is 0 Å². The molecule has 0 spiro atoms. The van der Waals surface area contributed by atoms with Crippen LogP contribution in [0.1, 0.15) is 11.5 Å². The van der Waals surface area contributed by atoms with Gasteiger partial charge in [0.25, 0.3) is 0 Å². The highest BCUT2D eigenvalue weighted by molar-refractivity contribution is 9.10. The van der Waals surface area contributed by atoms with Crippen LogP contribution in [-0.2, 0) is 6.61 Å². The first kappa shape index (κ1) is 17.5. The van der Waals surface area contributed by atoms with Crippen LogP contribution in [0.4, 0.5) is 0 Å². The highest BCUT2D eigenvalue weighted by Gasteiger charge is 2.10. The van der Waals surface area contributed by atoms with Gasteiger partial charge >= 0.3 is 0 Å². The SMILES string of the molecule is S=c1[nH]nc(-c2ccco2)n1/N=C/c1ccc(COc2ccc(Br)cc2)o1. The van der Waals surface area contributed by atoms with Crippen molar-refractivity contribution >= 4 is 34.4 Å². The van der Waals surface area contributed by atoms with Crippen LogP contribution in [0, 0.1) is 4.77 Å². The Balaban J connectivity index is 1.46. The van der Waals surface area contributed by atoms with E-state index in [1.807, 2.05) is 30.3 Å². The monoisotopic (exact) mass is 444 g/mol. The first-order chi connectivity index (χ1) is 13.2. The fourth-order valence-electron chi connectivity index (χ4n) is 2.31. The Morgan fingerprint density at radius 1 is 1.22 bits per heavy atom. The van der Waals surface area contributed by atoms with Crippen molar-refractivity contribution in [2.24, 2.45) is 5.10 Å². The van der Waals surface area contributed by atoms with Gasteiger partial charge in [0.1, 0.15) is 23.9 Å². The van der Waals surface area contributed by atoms with E-state index < -0.39 is 0 Å². The molecule has 27 heavy (non-hydrogen) atoms. The standard InChI is InChI=1S/C18H13BrN4O3S/c19-12-3-5-13(6-4-12)25-11-15-8-7-14(26-15)10-20-23-17(21-22-18(23)27)16-2-1-9-24-16/h1-10H,11H2,(H,22,27)/b20-10+. The van der Waals surface area contributed by atoms with Crippen molar-refractivity contribution in [3.63, 3.8) is 0 Å². The van der Waals surface area contributed by atoms with Gasteiger partial charge in [-0.05, 0) is 60.7 Å². The molecule has 1 N–H and O–H groups in total. The van der Waals surface area contributed by atoms with Gasteiger partial charge in [0, 0.05) is 4.47 Å². The summed E-state index contributed by atoms with van der Waals surface area (Å²) in [7, 11) is 0. The van der Waals surface area contributed by atoms with Gasteiger partial charge in [0.2, 0.25) is 10.6 Å². The van der Waals surface area contributed by atoms with E-state index in [1.54, 1.807) is 30.7 Å². The van der Waals surface area contributed by atoms with Crippen LogP contribution >= 0.6 is 28.1 Å². The van der Waals surface area contributed by atoms with E-state index in [2.05, 4.69) is 31.2 Å². The summed E-state index contributed by atoms with van der Waals surface area (Å²) in [5, 5.41) is 11.2. The van der Waals surface area contributed by atoms with Crippen LogP contribution in [0.15, 0.2) is 73.2 Å². The third-order valence-electron chi connectivity index (χ3n) is 3.57. The first-order valence-electron chi connectivity index (χ1n) is 7.92. The quantitative estimate of drug-likeness (QED) is 0.333. The molecule has 3 aromatic heterocycles. The smallest absolute Gasteiger partial charge is 0.219 e. The van der Waals surface area contributed by atoms with Crippen molar-refractivity contribution in [3.8, 4) is 17.3 Å². The molecule has 0 aliphatic rings. The summed E-state index contributed by atoms with van der Waals surface area (Å²) in [6.07, 6.45) is 3.12. The van der Waals surface area contributed by atoms with E-state index in [4.69, 9.17) is 25.8 Å². The normalized spacial score (nSPS) is 11.3. The number of nitrogens with one attached hydrogen (secondary N) is 1. The predicted molar refractivity (Wildman–Crippen MR) is 105 cm³/mol. The molecule has 3 heterocycles. The lowest BCUT2D eigenvalue weighted by molar-refractivity contribution is 0.270.